The van der Waals surface area contributed by atoms with Crippen LogP contribution >= 0.6 is 0 Å². The first-order chi connectivity index (χ1) is 18.2. The molecule has 0 atom stereocenters. The van der Waals surface area contributed by atoms with Gasteiger partial charge in [0.15, 0.2) is 0 Å². The van der Waals surface area contributed by atoms with E-state index in [0.29, 0.717) is 24.5 Å². The van der Waals surface area contributed by atoms with Crippen LogP contribution in [-0.2, 0) is 6.42 Å². The molecule has 5 nitrogen and oxygen atoms in total. The zero-order chi connectivity index (χ0) is 25.9. The van der Waals surface area contributed by atoms with Crippen LogP contribution in [0.15, 0.2) is 90.6 Å². The molecular formula is C32H37N3O2. The molecule has 0 aliphatic heterocycles. The lowest BCUT2D eigenvalue weighted by Crippen LogP contribution is -2.38. The molecule has 0 saturated carbocycles. The molecule has 0 unspecified atom stereocenters. The van der Waals surface area contributed by atoms with Crippen LogP contribution in [0.4, 0.5) is 10.5 Å². The zero-order valence-electron chi connectivity index (χ0n) is 21.9. The molecule has 0 saturated heterocycles. The second-order valence-electron chi connectivity index (χ2n) is 9.33. The molecule has 0 fully saturated rings. The van der Waals surface area contributed by atoms with Gasteiger partial charge in [-0.2, -0.15) is 0 Å². The van der Waals surface area contributed by atoms with Crippen molar-refractivity contribution in [2.45, 2.75) is 39.0 Å². The van der Waals surface area contributed by atoms with E-state index in [9.17, 15) is 4.79 Å². The van der Waals surface area contributed by atoms with Crippen molar-refractivity contribution in [2.75, 3.05) is 25.5 Å². The lowest BCUT2D eigenvalue weighted by molar-refractivity contribution is 0.216. The van der Waals surface area contributed by atoms with Crippen molar-refractivity contribution in [2.24, 2.45) is 0 Å². The average Bonchev–Trinajstić information content (AvgIpc) is 3.35. The zero-order valence-corrected chi connectivity index (χ0v) is 21.9. The summed E-state index contributed by atoms with van der Waals surface area (Å²) in [6, 6.07) is 26.1. The third-order valence-electron chi connectivity index (χ3n) is 6.63. The Kier molecular flexibility index (Phi) is 9.41. The summed E-state index contributed by atoms with van der Waals surface area (Å²) in [6.45, 7) is 3.39. The monoisotopic (exact) mass is 495 g/mol. The van der Waals surface area contributed by atoms with Gasteiger partial charge in [-0.25, -0.2) is 4.79 Å². The molecule has 5 heteroatoms. The minimum atomic E-state index is -0.126. The Morgan fingerprint density at radius 3 is 2.54 bits per heavy atom. The first-order valence-corrected chi connectivity index (χ1v) is 13.2. The van der Waals surface area contributed by atoms with Crippen LogP contribution in [0.3, 0.4) is 0 Å². The Morgan fingerprint density at radius 2 is 1.73 bits per heavy atom. The number of aromatic nitrogens is 1. The van der Waals surface area contributed by atoms with Gasteiger partial charge in [0.05, 0.1) is 12.8 Å². The molecule has 37 heavy (non-hydrogen) atoms. The lowest BCUT2D eigenvalue weighted by Gasteiger charge is -2.25. The van der Waals surface area contributed by atoms with Gasteiger partial charge in [0.25, 0.3) is 0 Å². The number of methoxy groups -OCH3 is 1. The number of benzene rings is 3. The molecule has 4 aromatic rings. The molecule has 2 amide bonds. The van der Waals surface area contributed by atoms with Gasteiger partial charge < -0.3 is 19.9 Å². The van der Waals surface area contributed by atoms with E-state index in [0.717, 1.165) is 36.8 Å². The van der Waals surface area contributed by atoms with E-state index in [1.54, 1.807) is 7.11 Å². The number of carbonyl (C=O) groups excluding carboxylic acids is 1. The van der Waals surface area contributed by atoms with E-state index >= 15 is 0 Å². The number of unbranched alkanes of at least 4 members (excludes halogenated alkanes) is 2. The maximum absolute atomic E-state index is 13.6. The van der Waals surface area contributed by atoms with Crippen LogP contribution < -0.4 is 10.1 Å². The number of hydrogen-bond donors (Lipinski definition) is 2. The molecule has 4 rings (SSSR count). The summed E-state index contributed by atoms with van der Waals surface area (Å²) in [5.41, 5.74) is 5.42. The fourth-order valence-electron chi connectivity index (χ4n) is 4.62. The third kappa shape index (κ3) is 7.26. The predicted octanol–water partition coefficient (Wildman–Crippen LogP) is 7.92. The number of rotatable bonds is 12. The molecule has 0 spiro atoms. The van der Waals surface area contributed by atoms with Crippen molar-refractivity contribution in [3.05, 3.63) is 102 Å². The fraction of sp³-hybridized carbons (Fsp3) is 0.281. The van der Waals surface area contributed by atoms with Crippen LogP contribution in [0.1, 0.15) is 43.7 Å². The fourth-order valence-corrected chi connectivity index (χ4v) is 4.62. The average molecular weight is 496 g/mol. The second-order valence-corrected chi connectivity index (χ2v) is 9.33. The number of carbonyl (C=O) groups is 1. The SMILES string of the molecule is CCCCC/C(=C\c1ccccc1)CN(CCc1c[nH]c2ccccc12)C(=O)Nc1ccccc1OC. The number of fused-ring (bicyclic) bond motifs is 1. The smallest absolute Gasteiger partial charge is 0.322 e. The summed E-state index contributed by atoms with van der Waals surface area (Å²) >= 11 is 0. The third-order valence-corrected chi connectivity index (χ3v) is 6.63. The number of urea groups is 1. The highest BCUT2D eigenvalue weighted by atomic mass is 16.5. The van der Waals surface area contributed by atoms with E-state index in [2.05, 4.69) is 72.0 Å². The van der Waals surface area contributed by atoms with Crippen molar-refractivity contribution < 1.29 is 9.53 Å². The minimum Gasteiger partial charge on any atom is -0.495 e. The molecule has 2 N–H and O–H groups in total. The number of amides is 2. The summed E-state index contributed by atoms with van der Waals surface area (Å²) in [4.78, 5) is 18.9. The Morgan fingerprint density at radius 1 is 0.973 bits per heavy atom. The van der Waals surface area contributed by atoms with Crippen molar-refractivity contribution >= 4 is 28.7 Å². The van der Waals surface area contributed by atoms with Gasteiger partial charge in [-0.3, -0.25) is 0 Å². The summed E-state index contributed by atoms with van der Waals surface area (Å²) in [6.07, 6.45) is 9.48. The lowest BCUT2D eigenvalue weighted by atomic mass is 10.0. The molecular weight excluding hydrogens is 458 g/mol. The van der Waals surface area contributed by atoms with E-state index in [1.807, 2.05) is 41.3 Å². The Balaban J connectivity index is 1.58. The number of anilines is 1. The highest BCUT2D eigenvalue weighted by Gasteiger charge is 2.18. The highest BCUT2D eigenvalue weighted by Crippen LogP contribution is 2.25. The van der Waals surface area contributed by atoms with Crippen LogP contribution in [0.5, 0.6) is 5.75 Å². The topological polar surface area (TPSA) is 57.4 Å². The van der Waals surface area contributed by atoms with E-state index in [-0.39, 0.29) is 6.03 Å². The number of aromatic amines is 1. The summed E-state index contributed by atoms with van der Waals surface area (Å²) in [7, 11) is 1.62. The van der Waals surface area contributed by atoms with Gasteiger partial charge in [0, 0.05) is 30.2 Å². The quantitative estimate of drug-likeness (QED) is 0.196. The van der Waals surface area contributed by atoms with Gasteiger partial charge >= 0.3 is 6.03 Å². The highest BCUT2D eigenvalue weighted by molar-refractivity contribution is 5.91. The standard InChI is InChI=1S/C32H37N3O2/c1-3-4-6-15-26(22-25-13-7-5-8-14-25)24-35(32(36)34-30-18-11-12-19-31(30)37-2)21-20-27-23-33-29-17-10-9-16-28(27)29/h5,7-14,16-19,22-23,33H,3-4,6,15,20-21,24H2,1-2H3,(H,34,36)/b26-22+. The molecule has 192 valence electrons. The Bertz CT molecular complexity index is 1310. The van der Waals surface area contributed by atoms with Gasteiger partial charge in [0.2, 0.25) is 0 Å². The van der Waals surface area contributed by atoms with E-state index < -0.39 is 0 Å². The van der Waals surface area contributed by atoms with Crippen molar-refractivity contribution in [3.63, 3.8) is 0 Å². The molecule has 3 aromatic carbocycles. The number of para-hydroxylation sites is 3. The summed E-state index contributed by atoms with van der Waals surface area (Å²) < 4.78 is 5.47. The number of ether oxygens (including phenoxy) is 1. The normalized spacial score (nSPS) is 11.5. The number of nitrogens with zero attached hydrogens (tertiary/aromatic N) is 1. The predicted molar refractivity (Wildman–Crippen MR) is 154 cm³/mol. The first-order valence-electron chi connectivity index (χ1n) is 13.2. The second kappa shape index (κ2) is 13.4. The maximum atomic E-state index is 13.6. The number of hydrogen-bond acceptors (Lipinski definition) is 2. The molecule has 0 radical (unpaired) electrons. The molecule has 0 bridgehead atoms. The largest absolute Gasteiger partial charge is 0.495 e. The minimum absolute atomic E-state index is 0.126. The van der Waals surface area contributed by atoms with Crippen LogP contribution in [0.2, 0.25) is 0 Å². The van der Waals surface area contributed by atoms with Gasteiger partial charge in [0.1, 0.15) is 5.75 Å². The molecule has 0 aliphatic carbocycles. The van der Waals surface area contributed by atoms with Crippen LogP contribution in [0.25, 0.3) is 17.0 Å². The van der Waals surface area contributed by atoms with Gasteiger partial charge in [-0.05, 0) is 48.6 Å². The first kappa shape index (κ1) is 26.1. The Hall–Kier alpha value is -3.99. The Labute approximate surface area is 220 Å². The van der Waals surface area contributed by atoms with E-state index in [4.69, 9.17) is 4.74 Å². The summed E-state index contributed by atoms with van der Waals surface area (Å²) in [5.74, 6) is 0.649. The van der Waals surface area contributed by atoms with Crippen LogP contribution in [-0.4, -0.2) is 36.1 Å². The van der Waals surface area contributed by atoms with Gasteiger partial charge in [-0.1, -0.05) is 92.1 Å². The summed E-state index contributed by atoms with van der Waals surface area (Å²) in [5, 5.41) is 4.30. The molecule has 1 heterocycles. The van der Waals surface area contributed by atoms with Crippen LogP contribution in [0, 0.1) is 0 Å². The number of H-pyrrole nitrogens is 1. The molecule has 0 aliphatic rings. The van der Waals surface area contributed by atoms with Crippen molar-refractivity contribution in [1.29, 1.82) is 0 Å². The van der Waals surface area contributed by atoms with Crippen molar-refractivity contribution in [3.8, 4) is 5.75 Å². The maximum Gasteiger partial charge on any atom is 0.322 e. The van der Waals surface area contributed by atoms with E-state index in [1.165, 1.54) is 22.9 Å². The number of nitrogens with one attached hydrogen (secondary N) is 2. The van der Waals surface area contributed by atoms with Crippen molar-refractivity contribution in [1.82, 2.24) is 9.88 Å². The molecule has 1 aromatic heterocycles. The van der Waals surface area contributed by atoms with Gasteiger partial charge in [-0.15, -0.1) is 0 Å².